The molecule has 0 radical (unpaired) electrons. The summed E-state index contributed by atoms with van der Waals surface area (Å²) in [6.45, 7) is 6.41. The van der Waals surface area contributed by atoms with Crippen molar-refractivity contribution in [3.05, 3.63) is 29.6 Å². The first-order chi connectivity index (χ1) is 8.02. The molecule has 6 heteroatoms. The van der Waals surface area contributed by atoms with Crippen molar-refractivity contribution in [2.24, 2.45) is 5.73 Å². The zero-order valence-electron chi connectivity index (χ0n) is 11.6. The maximum atomic E-state index is 11.9. The van der Waals surface area contributed by atoms with Crippen molar-refractivity contribution in [1.82, 2.24) is 10.3 Å². The summed E-state index contributed by atoms with van der Waals surface area (Å²) in [5.41, 5.74) is 7.15. The Morgan fingerprint density at radius 2 is 1.95 bits per heavy atom. The third kappa shape index (κ3) is 5.76. The van der Waals surface area contributed by atoms with Gasteiger partial charge in [-0.3, -0.25) is 9.78 Å². The van der Waals surface area contributed by atoms with Crippen molar-refractivity contribution in [1.29, 1.82) is 0 Å². The van der Waals surface area contributed by atoms with Crippen molar-refractivity contribution in [2.75, 3.05) is 6.54 Å². The van der Waals surface area contributed by atoms with Crippen molar-refractivity contribution in [2.45, 2.75) is 39.2 Å². The molecule has 1 heterocycles. The van der Waals surface area contributed by atoms with Gasteiger partial charge in [-0.15, -0.1) is 24.8 Å². The maximum Gasteiger partial charge on any atom is 0.270 e. The van der Waals surface area contributed by atoms with Gasteiger partial charge in [0.25, 0.3) is 5.91 Å². The number of nitrogens with two attached hydrogens (primary N) is 1. The number of nitrogens with zero attached hydrogens (tertiary/aromatic N) is 1. The van der Waals surface area contributed by atoms with E-state index in [-0.39, 0.29) is 36.3 Å². The second kappa shape index (κ2) is 9.13. The van der Waals surface area contributed by atoms with Crippen LogP contribution >= 0.6 is 24.8 Å². The average Bonchev–Trinajstić information content (AvgIpc) is 2.36. The standard InChI is InChI=1S/C13H21N3O.2ClH/c1-4-13(14,5-2)9-16-12(17)11-10(3)7-6-8-15-11;;/h6-8H,4-5,9,14H2,1-3H3,(H,16,17);2*1H. The first-order valence-electron chi connectivity index (χ1n) is 6.01. The first-order valence-corrected chi connectivity index (χ1v) is 6.01. The minimum atomic E-state index is -0.321. The number of carbonyl (C=O) groups excluding carboxylic acids is 1. The second-order valence-electron chi connectivity index (χ2n) is 4.42. The number of carbonyl (C=O) groups is 1. The van der Waals surface area contributed by atoms with Gasteiger partial charge >= 0.3 is 0 Å². The summed E-state index contributed by atoms with van der Waals surface area (Å²) in [5.74, 6) is -0.153. The third-order valence-electron chi connectivity index (χ3n) is 3.23. The fourth-order valence-electron chi connectivity index (χ4n) is 1.56. The summed E-state index contributed by atoms with van der Waals surface area (Å²) < 4.78 is 0. The number of hydrogen-bond donors (Lipinski definition) is 2. The van der Waals surface area contributed by atoms with E-state index in [1.807, 2.05) is 32.9 Å². The molecule has 1 amide bonds. The van der Waals surface area contributed by atoms with Crippen LogP contribution in [0.25, 0.3) is 0 Å². The Labute approximate surface area is 127 Å². The summed E-state index contributed by atoms with van der Waals surface area (Å²) in [6, 6.07) is 3.69. The van der Waals surface area contributed by atoms with Crippen LogP contribution in [0.5, 0.6) is 0 Å². The highest BCUT2D eigenvalue weighted by molar-refractivity contribution is 5.93. The van der Waals surface area contributed by atoms with E-state index in [1.165, 1.54) is 0 Å². The van der Waals surface area contributed by atoms with Crippen molar-refractivity contribution in [3.8, 4) is 0 Å². The summed E-state index contributed by atoms with van der Waals surface area (Å²) in [7, 11) is 0. The Morgan fingerprint density at radius 1 is 1.37 bits per heavy atom. The lowest BCUT2D eigenvalue weighted by molar-refractivity contribution is 0.0936. The first kappa shape index (κ1) is 20.5. The van der Waals surface area contributed by atoms with Crippen molar-refractivity contribution in [3.63, 3.8) is 0 Å². The maximum absolute atomic E-state index is 11.9. The lowest BCUT2D eigenvalue weighted by Crippen LogP contribution is -2.49. The van der Waals surface area contributed by atoms with Gasteiger partial charge in [0.1, 0.15) is 5.69 Å². The molecule has 0 aromatic carbocycles. The number of aryl methyl sites for hydroxylation is 1. The molecule has 0 spiro atoms. The van der Waals surface area contributed by atoms with Crippen LogP contribution in [-0.4, -0.2) is 23.0 Å². The van der Waals surface area contributed by atoms with E-state index in [2.05, 4.69) is 10.3 Å². The van der Waals surface area contributed by atoms with Crippen molar-refractivity contribution < 1.29 is 4.79 Å². The van der Waals surface area contributed by atoms with Crippen LogP contribution in [-0.2, 0) is 0 Å². The van der Waals surface area contributed by atoms with E-state index in [0.717, 1.165) is 18.4 Å². The largest absolute Gasteiger partial charge is 0.349 e. The molecule has 0 fully saturated rings. The molecular formula is C13H23Cl2N3O. The molecule has 0 aliphatic carbocycles. The van der Waals surface area contributed by atoms with Gasteiger partial charge in [-0.25, -0.2) is 0 Å². The Kier molecular flexibility index (Phi) is 9.84. The minimum absolute atomic E-state index is 0. The molecule has 19 heavy (non-hydrogen) atoms. The van der Waals surface area contributed by atoms with E-state index in [1.54, 1.807) is 6.20 Å². The van der Waals surface area contributed by atoms with Crippen LogP contribution in [0.1, 0.15) is 42.7 Å². The van der Waals surface area contributed by atoms with Gasteiger partial charge in [0, 0.05) is 18.3 Å². The highest BCUT2D eigenvalue weighted by atomic mass is 35.5. The zero-order chi connectivity index (χ0) is 12.9. The quantitative estimate of drug-likeness (QED) is 0.878. The minimum Gasteiger partial charge on any atom is -0.349 e. The Balaban J connectivity index is 0. The molecule has 3 N–H and O–H groups in total. The molecular weight excluding hydrogens is 285 g/mol. The van der Waals surface area contributed by atoms with Gasteiger partial charge in [-0.2, -0.15) is 0 Å². The van der Waals surface area contributed by atoms with Gasteiger partial charge in [0.05, 0.1) is 0 Å². The number of halogens is 2. The van der Waals surface area contributed by atoms with Gasteiger partial charge in [-0.1, -0.05) is 19.9 Å². The van der Waals surface area contributed by atoms with Crippen LogP contribution in [0.3, 0.4) is 0 Å². The fraction of sp³-hybridized carbons (Fsp3) is 0.538. The smallest absolute Gasteiger partial charge is 0.270 e. The lowest BCUT2D eigenvalue weighted by Gasteiger charge is -2.26. The Bertz CT molecular complexity index is 395. The molecule has 110 valence electrons. The lowest BCUT2D eigenvalue weighted by atomic mass is 9.94. The molecule has 0 aliphatic rings. The summed E-state index contributed by atoms with van der Waals surface area (Å²) in [5, 5.41) is 2.86. The molecule has 0 aliphatic heterocycles. The fourth-order valence-corrected chi connectivity index (χ4v) is 1.56. The molecule has 1 rings (SSSR count). The van der Waals surface area contributed by atoms with Crippen LogP contribution < -0.4 is 11.1 Å². The number of aromatic nitrogens is 1. The van der Waals surface area contributed by atoms with Crippen LogP contribution in [0.4, 0.5) is 0 Å². The molecule has 0 unspecified atom stereocenters. The SMILES string of the molecule is CCC(N)(CC)CNC(=O)c1ncccc1C.Cl.Cl. The van der Waals surface area contributed by atoms with E-state index >= 15 is 0 Å². The Morgan fingerprint density at radius 3 is 2.42 bits per heavy atom. The average molecular weight is 308 g/mol. The topological polar surface area (TPSA) is 68.0 Å². The predicted molar refractivity (Wildman–Crippen MR) is 83.3 cm³/mol. The van der Waals surface area contributed by atoms with Crippen LogP contribution in [0.2, 0.25) is 0 Å². The summed E-state index contributed by atoms with van der Waals surface area (Å²) >= 11 is 0. The highest BCUT2D eigenvalue weighted by Gasteiger charge is 2.21. The van der Waals surface area contributed by atoms with Crippen LogP contribution in [0.15, 0.2) is 18.3 Å². The number of nitrogens with one attached hydrogen (secondary N) is 1. The van der Waals surface area contributed by atoms with Gasteiger partial charge in [0.15, 0.2) is 0 Å². The molecule has 1 aromatic rings. The van der Waals surface area contributed by atoms with E-state index in [9.17, 15) is 4.79 Å². The summed E-state index contributed by atoms with van der Waals surface area (Å²) in [4.78, 5) is 16.0. The second-order valence-corrected chi connectivity index (χ2v) is 4.42. The van der Waals surface area contributed by atoms with Gasteiger partial charge in [0.2, 0.25) is 0 Å². The van der Waals surface area contributed by atoms with E-state index < -0.39 is 0 Å². The van der Waals surface area contributed by atoms with E-state index in [4.69, 9.17) is 5.73 Å². The normalized spacial score (nSPS) is 10.1. The number of rotatable bonds is 5. The molecule has 0 bridgehead atoms. The number of pyridine rings is 1. The predicted octanol–water partition coefficient (Wildman–Crippen LogP) is 2.48. The monoisotopic (exact) mass is 307 g/mol. The molecule has 0 saturated carbocycles. The zero-order valence-corrected chi connectivity index (χ0v) is 13.2. The molecule has 0 atom stereocenters. The number of hydrogen-bond acceptors (Lipinski definition) is 3. The van der Waals surface area contributed by atoms with Crippen LogP contribution in [0, 0.1) is 6.92 Å². The Hall–Kier alpha value is -0.840. The van der Waals surface area contributed by atoms with Crippen molar-refractivity contribution >= 4 is 30.7 Å². The number of amides is 1. The highest BCUT2D eigenvalue weighted by Crippen LogP contribution is 2.10. The summed E-state index contributed by atoms with van der Waals surface area (Å²) in [6.07, 6.45) is 3.30. The molecule has 0 saturated heterocycles. The third-order valence-corrected chi connectivity index (χ3v) is 3.23. The van der Waals surface area contributed by atoms with E-state index in [0.29, 0.717) is 12.2 Å². The molecule has 4 nitrogen and oxygen atoms in total. The van der Waals surface area contributed by atoms with Gasteiger partial charge < -0.3 is 11.1 Å². The molecule has 1 aromatic heterocycles. The van der Waals surface area contributed by atoms with Gasteiger partial charge in [-0.05, 0) is 31.4 Å².